The Labute approximate surface area is 98.1 Å². The average molecular weight is 228 g/mol. The van der Waals surface area contributed by atoms with Crippen LogP contribution in [0.25, 0.3) is 0 Å². The number of ether oxygens (including phenoxy) is 1. The van der Waals surface area contributed by atoms with E-state index in [9.17, 15) is 4.79 Å². The average Bonchev–Trinajstić information content (AvgIpc) is 2.30. The molecule has 0 aliphatic carbocycles. The molecule has 0 aromatic heterocycles. The lowest BCUT2D eigenvalue weighted by Crippen LogP contribution is -2.50. The molecule has 0 saturated carbocycles. The molecule has 1 heterocycles. The lowest BCUT2D eigenvalue weighted by atomic mass is 9.99. The van der Waals surface area contributed by atoms with Crippen molar-refractivity contribution in [3.8, 4) is 0 Å². The van der Waals surface area contributed by atoms with Crippen LogP contribution in [0.2, 0.25) is 0 Å². The largest absolute Gasteiger partial charge is 0.372 e. The first-order valence-corrected chi connectivity index (χ1v) is 6.34. The summed E-state index contributed by atoms with van der Waals surface area (Å²) < 4.78 is 5.20. The van der Waals surface area contributed by atoms with E-state index in [4.69, 9.17) is 4.74 Å². The summed E-state index contributed by atoms with van der Waals surface area (Å²) >= 11 is 0. The van der Waals surface area contributed by atoms with Gasteiger partial charge >= 0.3 is 0 Å². The van der Waals surface area contributed by atoms with Crippen molar-refractivity contribution in [1.82, 2.24) is 10.6 Å². The molecule has 1 saturated heterocycles. The predicted molar refractivity (Wildman–Crippen MR) is 64.4 cm³/mol. The van der Waals surface area contributed by atoms with Gasteiger partial charge in [0.15, 0.2) is 0 Å². The molecule has 2 N–H and O–H groups in total. The van der Waals surface area contributed by atoms with E-state index in [-0.39, 0.29) is 18.6 Å². The molecule has 94 valence electrons. The topological polar surface area (TPSA) is 50.4 Å². The number of hydrogen-bond donors (Lipinski definition) is 2. The fourth-order valence-electron chi connectivity index (χ4n) is 2.01. The minimum atomic E-state index is -0.00618. The summed E-state index contributed by atoms with van der Waals surface area (Å²) in [7, 11) is 0. The molecular formula is C12H24N2O2. The first kappa shape index (κ1) is 13.5. The van der Waals surface area contributed by atoms with Gasteiger partial charge in [0.2, 0.25) is 5.91 Å². The molecule has 16 heavy (non-hydrogen) atoms. The van der Waals surface area contributed by atoms with E-state index < -0.39 is 0 Å². The van der Waals surface area contributed by atoms with Crippen molar-refractivity contribution in [2.75, 3.05) is 19.8 Å². The van der Waals surface area contributed by atoms with E-state index >= 15 is 0 Å². The van der Waals surface area contributed by atoms with Gasteiger partial charge in [-0.15, -0.1) is 0 Å². The maximum absolute atomic E-state index is 11.5. The van der Waals surface area contributed by atoms with E-state index in [0.717, 1.165) is 19.4 Å². The highest BCUT2D eigenvalue weighted by atomic mass is 16.5. The molecule has 0 spiro atoms. The fraction of sp³-hybridized carbons (Fsp3) is 0.917. The summed E-state index contributed by atoms with van der Waals surface area (Å²) in [5.41, 5.74) is 0. The Bertz CT molecular complexity index is 203. The highest BCUT2D eigenvalue weighted by Crippen LogP contribution is 2.09. The second-order valence-electron chi connectivity index (χ2n) is 4.47. The third-order valence-electron chi connectivity index (χ3n) is 2.92. The summed E-state index contributed by atoms with van der Waals surface area (Å²) in [4.78, 5) is 11.5. The maximum atomic E-state index is 11.5. The molecule has 1 fully saturated rings. The first-order valence-electron chi connectivity index (χ1n) is 6.34. The number of amides is 1. The minimum Gasteiger partial charge on any atom is -0.372 e. The highest BCUT2D eigenvalue weighted by molar-refractivity contribution is 5.77. The van der Waals surface area contributed by atoms with Gasteiger partial charge in [-0.2, -0.15) is 0 Å². The van der Waals surface area contributed by atoms with Crippen LogP contribution in [0.4, 0.5) is 0 Å². The van der Waals surface area contributed by atoms with Crippen LogP contribution in [0.5, 0.6) is 0 Å². The Morgan fingerprint density at radius 1 is 1.56 bits per heavy atom. The summed E-state index contributed by atoms with van der Waals surface area (Å²) in [6.45, 7) is 6.00. The van der Waals surface area contributed by atoms with Crippen LogP contribution in [0.3, 0.4) is 0 Å². The van der Waals surface area contributed by atoms with E-state index in [2.05, 4.69) is 17.6 Å². The summed E-state index contributed by atoms with van der Waals surface area (Å²) in [6, 6.07) is 0.613. The summed E-state index contributed by atoms with van der Waals surface area (Å²) in [6.07, 6.45) is 4.60. The van der Waals surface area contributed by atoms with Gasteiger partial charge in [0, 0.05) is 18.7 Å². The van der Waals surface area contributed by atoms with Crippen LogP contribution in [-0.4, -0.2) is 37.7 Å². The van der Waals surface area contributed by atoms with Gasteiger partial charge < -0.3 is 15.4 Å². The van der Waals surface area contributed by atoms with Crippen molar-refractivity contribution in [2.24, 2.45) is 0 Å². The molecular weight excluding hydrogens is 204 g/mol. The quantitative estimate of drug-likeness (QED) is 0.668. The lowest BCUT2D eigenvalue weighted by molar-refractivity contribution is -0.126. The van der Waals surface area contributed by atoms with Crippen molar-refractivity contribution in [2.45, 2.75) is 51.6 Å². The van der Waals surface area contributed by atoms with Crippen LogP contribution in [0, 0.1) is 0 Å². The Morgan fingerprint density at radius 3 is 3.00 bits per heavy atom. The van der Waals surface area contributed by atoms with Crippen molar-refractivity contribution in [3.05, 3.63) is 0 Å². The highest BCUT2D eigenvalue weighted by Gasteiger charge is 2.20. The van der Waals surface area contributed by atoms with Gasteiger partial charge in [-0.1, -0.05) is 13.3 Å². The standard InChI is InChI=1S/C12H24N2O2/c1-3-8-16-9-12(15)14-10(2)11-6-4-5-7-13-11/h10-11,13H,3-9H2,1-2H3,(H,14,15). The number of piperidine rings is 1. The minimum absolute atomic E-state index is 0.00618. The van der Waals surface area contributed by atoms with Crippen molar-refractivity contribution in [3.63, 3.8) is 0 Å². The first-order chi connectivity index (χ1) is 7.74. The van der Waals surface area contributed by atoms with Gasteiger partial charge in [-0.3, -0.25) is 4.79 Å². The smallest absolute Gasteiger partial charge is 0.246 e. The molecule has 2 atom stereocenters. The van der Waals surface area contributed by atoms with Crippen molar-refractivity contribution < 1.29 is 9.53 Å². The molecule has 1 aliphatic rings. The monoisotopic (exact) mass is 228 g/mol. The van der Waals surface area contributed by atoms with E-state index in [0.29, 0.717) is 12.6 Å². The van der Waals surface area contributed by atoms with Gasteiger partial charge in [0.25, 0.3) is 0 Å². The molecule has 4 nitrogen and oxygen atoms in total. The Hall–Kier alpha value is -0.610. The van der Waals surface area contributed by atoms with Crippen molar-refractivity contribution >= 4 is 5.91 Å². The van der Waals surface area contributed by atoms with E-state index in [1.54, 1.807) is 0 Å². The molecule has 0 radical (unpaired) electrons. The Balaban J connectivity index is 2.16. The molecule has 0 bridgehead atoms. The molecule has 0 aromatic rings. The van der Waals surface area contributed by atoms with E-state index in [1.165, 1.54) is 12.8 Å². The van der Waals surface area contributed by atoms with Gasteiger partial charge in [0.1, 0.15) is 6.61 Å². The van der Waals surface area contributed by atoms with Gasteiger partial charge in [-0.25, -0.2) is 0 Å². The maximum Gasteiger partial charge on any atom is 0.246 e. The Kier molecular flexibility index (Phi) is 6.42. The summed E-state index contributed by atoms with van der Waals surface area (Å²) in [5.74, 6) is -0.00618. The second-order valence-corrected chi connectivity index (χ2v) is 4.47. The zero-order valence-corrected chi connectivity index (χ0v) is 10.4. The predicted octanol–water partition coefficient (Wildman–Crippen LogP) is 1.06. The SMILES string of the molecule is CCCOCC(=O)NC(C)C1CCCCN1. The van der Waals surface area contributed by atoms with Crippen LogP contribution in [0.1, 0.15) is 39.5 Å². The lowest BCUT2D eigenvalue weighted by Gasteiger charge is -2.29. The molecule has 1 aliphatic heterocycles. The number of carbonyl (C=O) groups is 1. The normalized spacial score (nSPS) is 22.8. The second kappa shape index (κ2) is 7.63. The fourth-order valence-corrected chi connectivity index (χ4v) is 2.01. The van der Waals surface area contributed by atoms with Crippen molar-refractivity contribution in [1.29, 1.82) is 0 Å². The molecule has 1 rings (SSSR count). The third kappa shape index (κ3) is 4.94. The third-order valence-corrected chi connectivity index (χ3v) is 2.92. The zero-order valence-electron chi connectivity index (χ0n) is 10.4. The van der Waals surface area contributed by atoms with Crippen LogP contribution < -0.4 is 10.6 Å². The van der Waals surface area contributed by atoms with Gasteiger partial charge in [-0.05, 0) is 32.7 Å². The van der Waals surface area contributed by atoms with Gasteiger partial charge in [0.05, 0.1) is 0 Å². The molecule has 0 aromatic carbocycles. The molecule has 1 amide bonds. The molecule has 2 unspecified atom stereocenters. The number of hydrogen-bond acceptors (Lipinski definition) is 3. The Morgan fingerprint density at radius 2 is 2.38 bits per heavy atom. The van der Waals surface area contributed by atoms with Crippen LogP contribution >= 0.6 is 0 Å². The molecule has 4 heteroatoms. The van der Waals surface area contributed by atoms with Crippen LogP contribution in [-0.2, 0) is 9.53 Å². The van der Waals surface area contributed by atoms with Crippen LogP contribution in [0.15, 0.2) is 0 Å². The summed E-state index contributed by atoms with van der Waals surface area (Å²) in [5, 5.41) is 6.42. The number of carbonyl (C=O) groups excluding carboxylic acids is 1. The zero-order chi connectivity index (χ0) is 11.8. The van der Waals surface area contributed by atoms with E-state index in [1.807, 2.05) is 6.92 Å². The number of rotatable bonds is 6. The number of nitrogens with one attached hydrogen (secondary N) is 2.